The van der Waals surface area contributed by atoms with Crippen LogP contribution in [0.3, 0.4) is 0 Å². The summed E-state index contributed by atoms with van der Waals surface area (Å²) < 4.78 is 5.31. The normalized spacial score (nSPS) is 16.3. The third-order valence-corrected chi connectivity index (χ3v) is 3.04. The number of carbonyl (C=O) groups is 1. The molecule has 5 heteroatoms. The first-order chi connectivity index (χ1) is 8.60. The number of carboxylic acid groups (broad SMARTS) is 1. The van der Waals surface area contributed by atoms with Crippen molar-refractivity contribution >= 4 is 5.97 Å². The van der Waals surface area contributed by atoms with Crippen LogP contribution in [0.4, 0.5) is 0 Å². The van der Waals surface area contributed by atoms with E-state index in [0.29, 0.717) is 32.0 Å². The summed E-state index contributed by atoms with van der Waals surface area (Å²) in [6.07, 6.45) is 0. The summed E-state index contributed by atoms with van der Waals surface area (Å²) in [4.78, 5) is 12.7. The molecule has 1 aliphatic heterocycles. The molecule has 0 atom stereocenters. The molecule has 5 nitrogen and oxygen atoms in total. The molecule has 18 heavy (non-hydrogen) atoms. The fourth-order valence-electron chi connectivity index (χ4n) is 2.04. The van der Waals surface area contributed by atoms with Crippen molar-refractivity contribution in [2.45, 2.75) is 13.5 Å². The maximum atomic E-state index is 10.7. The molecule has 0 bridgehead atoms. The highest BCUT2D eigenvalue weighted by molar-refractivity contribution is 5.71. The molecular formula is C13H17NO4. The highest BCUT2D eigenvalue weighted by Crippen LogP contribution is 2.28. The lowest BCUT2D eigenvalue weighted by Gasteiger charge is -2.36. The van der Waals surface area contributed by atoms with E-state index in [2.05, 4.69) is 4.90 Å². The predicted molar refractivity (Wildman–Crippen MR) is 65.7 cm³/mol. The average molecular weight is 251 g/mol. The second-order valence-electron chi connectivity index (χ2n) is 4.46. The van der Waals surface area contributed by atoms with Crippen LogP contribution in [-0.4, -0.2) is 40.8 Å². The third kappa shape index (κ3) is 2.73. The van der Waals surface area contributed by atoms with Gasteiger partial charge in [0.15, 0.2) is 11.5 Å². The van der Waals surface area contributed by atoms with E-state index in [0.717, 1.165) is 5.56 Å². The highest BCUT2D eigenvalue weighted by atomic mass is 16.5. The van der Waals surface area contributed by atoms with Gasteiger partial charge in [0.25, 0.3) is 0 Å². The minimum absolute atomic E-state index is 0.132. The molecule has 2 rings (SSSR count). The molecule has 0 aliphatic carbocycles. The Morgan fingerprint density at radius 2 is 2.22 bits per heavy atom. The van der Waals surface area contributed by atoms with Gasteiger partial charge in [-0.2, -0.15) is 0 Å². The number of ether oxygens (including phenoxy) is 1. The number of hydrogen-bond donors (Lipinski definition) is 2. The van der Waals surface area contributed by atoms with Crippen LogP contribution in [0.25, 0.3) is 0 Å². The van der Waals surface area contributed by atoms with Gasteiger partial charge in [0, 0.05) is 19.6 Å². The molecule has 2 N–H and O–H groups in total. The molecule has 98 valence electrons. The summed E-state index contributed by atoms with van der Waals surface area (Å²) in [6, 6.07) is 5.23. The van der Waals surface area contributed by atoms with Crippen molar-refractivity contribution in [3.63, 3.8) is 0 Å². The molecule has 0 aromatic heterocycles. The Morgan fingerprint density at radius 1 is 1.50 bits per heavy atom. The number of benzene rings is 1. The third-order valence-electron chi connectivity index (χ3n) is 3.04. The van der Waals surface area contributed by atoms with Crippen LogP contribution in [0, 0.1) is 5.92 Å². The molecule has 1 aromatic rings. The van der Waals surface area contributed by atoms with E-state index in [4.69, 9.17) is 9.84 Å². The van der Waals surface area contributed by atoms with Crippen molar-refractivity contribution in [2.24, 2.45) is 5.92 Å². The number of likely N-dealkylation sites (tertiary alicyclic amines) is 1. The molecule has 1 aromatic carbocycles. The van der Waals surface area contributed by atoms with E-state index < -0.39 is 5.97 Å². The van der Waals surface area contributed by atoms with E-state index in [1.807, 2.05) is 13.0 Å². The van der Waals surface area contributed by atoms with E-state index in [9.17, 15) is 9.90 Å². The van der Waals surface area contributed by atoms with Gasteiger partial charge in [0.1, 0.15) is 0 Å². The molecule has 0 amide bonds. The zero-order valence-electron chi connectivity index (χ0n) is 10.3. The van der Waals surface area contributed by atoms with Crippen LogP contribution in [0.15, 0.2) is 18.2 Å². The Balaban J connectivity index is 1.94. The molecule has 0 unspecified atom stereocenters. The number of nitrogens with zero attached hydrogens (tertiary/aromatic N) is 1. The standard InChI is InChI=1S/C13H17NO4/c1-2-18-12-5-9(3-4-11(12)15)6-14-7-10(8-14)13(16)17/h3-5,10,15H,2,6-8H2,1H3,(H,16,17). The molecular weight excluding hydrogens is 234 g/mol. The number of carboxylic acids is 1. The quantitative estimate of drug-likeness (QED) is 0.825. The van der Waals surface area contributed by atoms with Crippen LogP contribution in [0.1, 0.15) is 12.5 Å². The van der Waals surface area contributed by atoms with Crippen LogP contribution in [0.5, 0.6) is 11.5 Å². The van der Waals surface area contributed by atoms with Crippen molar-refractivity contribution in [1.29, 1.82) is 0 Å². The van der Waals surface area contributed by atoms with Crippen LogP contribution < -0.4 is 4.74 Å². The Labute approximate surface area is 106 Å². The van der Waals surface area contributed by atoms with Crippen molar-refractivity contribution in [1.82, 2.24) is 4.90 Å². The number of phenolic OH excluding ortho intramolecular Hbond substituents is 1. The largest absolute Gasteiger partial charge is 0.504 e. The summed E-state index contributed by atoms with van der Waals surface area (Å²) >= 11 is 0. The lowest BCUT2D eigenvalue weighted by molar-refractivity contribution is -0.147. The molecule has 0 saturated carbocycles. The number of rotatable bonds is 5. The molecule has 1 fully saturated rings. The topological polar surface area (TPSA) is 70.0 Å². The van der Waals surface area contributed by atoms with E-state index in [1.165, 1.54) is 0 Å². The number of phenols is 1. The highest BCUT2D eigenvalue weighted by Gasteiger charge is 2.32. The Hall–Kier alpha value is -1.75. The fraction of sp³-hybridized carbons (Fsp3) is 0.462. The number of aliphatic carboxylic acids is 1. The minimum Gasteiger partial charge on any atom is -0.504 e. The summed E-state index contributed by atoms with van der Waals surface area (Å²) in [5.41, 5.74) is 1.01. The fourth-order valence-corrected chi connectivity index (χ4v) is 2.04. The molecule has 0 spiro atoms. The smallest absolute Gasteiger partial charge is 0.309 e. The monoisotopic (exact) mass is 251 g/mol. The van der Waals surface area contributed by atoms with Crippen molar-refractivity contribution < 1.29 is 19.7 Å². The van der Waals surface area contributed by atoms with Crippen LogP contribution in [-0.2, 0) is 11.3 Å². The zero-order chi connectivity index (χ0) is 13.1. The molecule has 1 saturated heterocycles. The SMILES string of the molecule is CCOc1cc(CN2CC(C(=O)O)C2)ccc1O. The van der Waals surface area contributed by atoms with Gasteiger partial charge in [-0.3, -0.25) is 9.69 Å². The van der Waals surface area contributed by atoms with Gasteiger partial charge in [-0.1, -0.05) is 6.07 Å². The average Bonchev–Trinajstić information content (AvgIpc) is 2.27. The molecule has 1 aliphatic rings. The van der Waals surface area contributed by atoms with Gasteiger partial charge in [-0.15, -0.1) is 0 Å². The van der Waals surface area contributed by atoms with Crippen molar-refractivity contribution in [3.05, 3.63) is 23.8 Å². The Morgan fingerprint density at radius 3 is 2.83 bits per heavy atom. The second-order valence-corrected chi connectivity index (χ2v) is 4.46. The molecule has 0 radical (unpaired) electrons. The maximum Gasteiger partial charge on any atom is 0.309 e. The number of aromatic hydroxyl groups is 1. The van der Waals surface area contributed by atoms with E-state index in [-0.39, 0.29) is 11.7 Å². The van der Waals surface area contributed by atoms with Crippen LogP contribution >= 0.6 is 0 Å². The van der Waals surface area contributed by atoms with E-state index >= 15 is 0 Å². The minimum atomic E-state index is -0.730. The summed E-state index contributed by atoms with van der Waals surface area (Å²) in [6.45, 7) is 4.21. The first-order valence-electron chi connectivity index (χ1n) is 6.00. The number of hydrogen-bond acceptors (Lipinski definition) is 4. The van der Waals surface area contributed by atoms with Crippen molar-refractivity contribution in [3.8, 4) is 11.5 Å². The Bertz CT molecular complexity index is 441. The lowest BCUT2D eigenvalue weighted by Crippen LogP contribution is -2.49. The van der Waals surface area contributed by atoms with Gasteiger partial charge in [0.05, 0.1) is 12.5 Å². The van der Waals surface area contributed by atoms with Gasteiger partial charge in [0.2, 0.25) is 0 Å². The van der Waals surface area contributed by atoms with Gasteiger partial charge < -0.3 is 14.9 Å². The zero-order valence-corrected chi connectivity index (χ0v) is 10.3. The van der Waals surface area contributed by atoms with Gasteiger partial charge in [-0.05, 0) is 24.6 Å². The van der Waals surface area contributed by atoms with Gasteiger partial charge in [-0.25, -0.2) is 0 Å². The first-order valence-corrected chi connectivity index (χ1v) is 6.00. The van der Waals surface area contributed by atoms with Crippen molar-refractivity contribution in [2.75, 3.05) is 19.7 Å². The maximum absolute atomic E-state index is 10.7. The van der Waals surface area contributed by atoms with Crippen LogP contribution in [0.2, 0.25) is 0 Å². The van der Waals surface area contributed by atoms with Gasteiger partial charge >= 0.3 is 5.97 Å². The Kier molecular flexibility index (Phi) is 3.72. The molecule has 1 heterocycles. The van der Waals surface area contributed by atoms with E-state index in [1.54, 1.807) is 12.1 Å². The summed E-state index contributed by atoms with van der Waals surface area (Å²) in [7, 11) is 0. The lowest BCUT2D eigenvalue weighted by atomic mass is 9.99. The summed E-state index contributed by atoms with van der Waals surface area (Å²) in [5.74, 6) is -0.363. The second kappa shape index (κ2) is 5.27. The first kappa shape index (κ1) is 12.7. The summed E-state index contributed by atoms with van der Waals surface area (Å²) in [5, 5.41) is 18.4. The predicted octanol–water partition coefficient (Wildman–Crippen LogP) is 1.31.